The highest BCUT2D eigenvalue weighted by Gasteiger charge is 2.16. The zero-order chi connectivity index (χ0) is 11.5. The number of halogens is 1. The predicted molar refractivity (Wildman–Crippen MR) is 64.0 cm³/mol. The van der Waals surface area contributed by atoms with Gasteiger partial charge in [0, 0.05) is 47.5 Å². The summed E-state index contributed by atoms with van der Waals surface area (Å²) in [7, 11) is -0.689. The molecule has 1 heterocycles. The Morgan fingerprint density at radius 1 is 1.38 bits per heavy atom. The molecule has 0 spiro atoms. The first-order valence-corrected chi connectivity index (χ1v) is 6.76. The minimum absolute atomic E-state index is 0.193. The van der Waals surface area contributed by atoms with E-state index in [0.29, 0.717) is 23.6 Å². The van der Waals surface area contributed by atoms with Gasteiger partial charge in [-0.1, -0.05) is 12.1 Å². The van der Waals surface area contributed by atoms with Crippen LogP contribution in [0.15, 0.2) is 18.2 Å². The summed E-state index contributed by atoms with van der Waals surface area (Å²) in [5, 5.41) is 0. The molecule has 88 valence electrons. The topological polar surface area (TPSA) is 46.3 Å². The fraction of sp³-hybridized carbons (Fsp3) is 0.455. The average Bonchev–Trinajstić information content (AvgIpc) is 2.28. The molecule has 16 heavy (non-hydrogen) atoms. The van der Waals surface area contributed by atoms with Crippen molar-refractivity contribution < 1.29 is 8.60 Å². The smallest absolute Gasteiger partial charge is 0.150 e. The number of nitrogen functional groups attached to an aromatic ring is 1. The van der Waals surface area contributed by atoms with Crippen LogP contribution >= 0.6 is 0 Å². The molecule has 0 radical (unpaired) electrons. The van der Waals surface area contributed by atoms with Crippen molar-refractivity contribution in [3.05, 3.63) is 29.6 Å². The van der Waals surface area contributed by atoms with Crippen LogP contribution in [0, 0.1) is 5.82 Å². The van der Waals surface area contributed by atoms with Crippen LogP contribution < -0.4 is 5.73 Å². The van der Waals surface area contributed by atoms with Crippen molar-refractivity contribution in [3.63, 3.8) is 0 Å². The van der Waals surface area contributed by atoms with E-state index in [0.717, 1.165) is 13.1 Å². The Morgan fingerprint density at radius 2 is 2.06 bits per heavy atom. The van der Waals surface area contributed by atoms with Gasteiger partial charge in [0.15, 0.2) is 5.82 Å². The molecule has 0 bridgehead atoms. The van der Waals surface area contributed by atoms with Gasteiger partial charge >= 0.3 is 0 Å². The third-order valence-electron chi connectivity index (χ3n) is 2.77. The number of nitrogens with two attached hydrogens (primary N) is 1. The highest BCUT2D eigenvalue weighted by molar-refractivity contribution is 7.85. The average molecular weight is 242 g/mol. The summed E-state index contributed by atoms with van der Waals surface area (Å²) in [5.41, 5.74) is 6.32. The molecule has 5 heteroatoms. The molecule has 0 saturated carbocycles. The van der Waals surface area contributed by atoms with Gasteiger partial charge in [-0.25, -0.2) is 4.39 Å². The number of hydrogen-bond acceptors (Lipinski definition) is 3. The Kier molecular flexibility index (Phi) is 3.56. The Bertz CT molecular complexity index is 401. The largest absolute Gasteiger partial charge is 0.396 e. The minimum Gasteiger partial charge on any atom is -0.396 e. The van der Waals surface area contributed by atoms with E-state index in [1.54, 1.807) is 18.2 Å². The van der Waals surface area contributed by atoms with Crippen LogP contribution in [0.3, 0.4) is 0 Å². The zero-order valence-corrected chi connectivity index (χ0v) is 9.80. The van der Waals surface area contributed by atoms with Crippen molar-refractivity contribution in [1.82, 2.24) is 4.90 Å². The van der Waals surface area contributed by atoms with Crippen molar-refractivity contribution in [3.8, 4) is 0 Å². The van der Waals surface area contributed by atoms with Gasteiger partial charge in [-0.15, -0.1) is 0 Å². The molecule has 1 aliphatic heterocycles. The van der Waals surface area contributed by atoms with E-state index < -0.39 is 10.8 Å². The number of benzene rings is 1. The van der Waals surface area contributed by atoms with Crippen LogP contribution in [0.4, 0.5) is 10.1 Å². The second-order valence-corrected chi connectivity index (χ2v) is 5.64. The van der Waals surface area contributed by atoms with Gasteiger partial charge < -0.3 is 5.73 Å². The summed E-state index contributed by atoms with van der Waals surface area (Å²) in [6.07, 6.45) is 0. The Hall–Kier alpha value is -0.940. The van der Waals surface area contributed by atoms with Crippen LogP contribution in [-0.4, -0.2) is 33.7 Å². The molecule has 1 aliphatic rings. The third kappa shape index (κ3) is 2.59. The highest BCUT2D eigenvalue weighted by Crippen LogP contribution is 2.17. The van der Waals surface area contributed by atoms with E-state index in [4.69, 9.17) is 5.73 Å². The van der Waals surface area contributed by atoms with Crippen LogP contribution in [0.1, 0.15) is 5.56 Å². The lowest BCUT2D eigenvalue weighted by atomic mass is 10.1. The molecule has 0 aromatic heterocycles. The molecule has 1 fully saturated rings. The summed E-state index contributed by atoms with van der Waals surface area (Å²) < 4.78 is 24.8. The molecular formula is C11H15FN2OS. The minimum atomic E-state index is -0.689. The van der Waals surface area contributed by atoms with Crippen molar-refractivity contribution >= 4 is 16.5 Å². The molecule has 1 aromatic carbocycles. The van der Waals surface area contributed by atoms with Crippen LogP contribution in [0.2, 0.25) is 0 Å². The van der Waals surface area contributed by atoms with Gasteiger partial charge in [-0.05, 0) is 6.07 Å². The second kappa shape index (κ2) is 4.93. The van der Waals surface area contributed by atoms with Crippen LogP contribution in [0.25, 0.3) is 0 Å². The Balaban J connectivity index is 2.04. The SMILES string of the molecule is Nc1cccc(CN2CCS(=O)CC2)c1F. The third-order valence-corrected chi connectivity index (χ3v) is 4.05. The normalized spacial score (nSPS) is 18.8. The van der Waals surface area contributed by atoms with E-state index >= 15 is 0 Å². The predicted octanol–water partition coefficient (Wildman–Crippen LogP) is 0.972. The van der Waals surface area contributed by atoms with E-state index in [9.17, 15) is 8.60 Å². The Morgan fingerprint density at radius 3 is 2.75 bits per heavy atom. The maximum atomic E-state index is 13.6. The first-order valence-electron chi connectivity index (χ1n) is 5.27. The molecule has 3 nitrogen and oxygen atoms in total. The van der Waals surface area contributed by atoms with Gasteiger partial charge in [0.05, 0.1) is 5.69 Å². The summed E-state index contributed by atoms with van der Waals surface area (Å²) in [5.74, 6) is 1.04. The maximum absolute atomic E-state index is 13.6. The van der Waals surface area contributed by atoms with E-state index in [2.05, 4.69) is 4.90 Å². The van der Waals surface area contributed by atoms with Gasteiger partial charge in [0.1, 0.15) is 0 Å². The number of rotatable bonds is 2. The standard InChI is InChI=1S/C11H15FN2OS/c12-11-9(2-1-3-10(11)13)8-14-4-6-16(15)7-5-14/h1-3H,4-8,13H2. The first-order chi connectivity index (χ1) is 7.66. The molecular weight excluding hydrogens is 227 g/mol. The fourth-order valence-corrected chi connectivity index (χ4v) is 2.92. The molecule has 2 rings (SSSR count). The summed E-state index contributed by atoms with van der Waals surface area (Å²) in [4.78, 5) is 2.11. The molecule has 2 N–H and O–H groups in total. The fourth-order valence-electron chi connectivity index (χ4n) is 1.80. The number of anilines is 1. The summed E-state index contributed by atoms with van der Waals surface area (Å²) in [6.45, 7) is 2.08. The lowest BCUT2D eigenvalue weighted by Gasteiger charge is -2.26. The lowest BCUT2D eigenvalue weighted by Crippen LogP contribution is -2.37. The van der Waals surface area contributed by atoms with E-state index in [1.165, 1.54) is 0 Å². The molecule has 0 aliphatic carbocycles. The van der Waals surface area contributed by atoms with E-state index in [1.807, 2.05) is 0 Å². The quantitative estimate of drug-likeness (QED) is 0.786. The van der Waals surface area contributed by atoms with Gasteiger partial charge in [-0.3, -0.25) is 9.11 Å². The molecule has 1 saturated heterocycles. The molecule has 0 unspecified atom stereocenters. The summed E-state index contributed by atoms with van der Waals surface area (Å²) >= 11 is 0. The van der Waals surface area contributed by atoms with Crippen molar-refractivity contribution in [2.45, 2.75) is 6.54 Å². The lowest BCUT2D eigenvalue weighted by molar-refractivity contribution is 0.287. The van der Waals surface area contributed by atoms with Crippen molar-refractivity contribution in [2.24, 2.45) is 0 Å². The zero-order valence-electron chi connectivity index (χ0n) is 8.99. The van der Waals surface area contributed by atoms with Gasteiger partial charge in [0.25, 0.3) is 0 Å². The molecule has 0 atom stereocenters. The second-order valence-electron chi connectivity index (χ2n) is 3.94. The Labute approximate surface area is 96.9 Å². The first kappa shape index (κ1) is 11.5. The molecule has 0 amide bonds. The number of hydrogen-bond donors (Lipinski definition) is 1. The van der Waals surface area contributed by atoms with Gasteiger partial charge in [0.2, 0.25) is 0 Å². The van der Waals surface area contributed by atoms with Crippen LogP contribution in [-0.2, 0) is 17.3 Å². The maximum Gasteiger partial charge on any atom is 0.150 e. The van der Waals surface area contributed by atoms with Crippen molar-refractivity contribution in [1.29, 1.82) is 0 Å². The monoisotopic (exact) mass is 242 g/mol. The van der Waals surface area contributed by atoms with Crippen molar-refractivity contribution in [2.75, 3.05) is 30.3 Å². The molecule has 1 aromatic rings. The summed E-state index contributed by atoms with van der Waals surface area (Å²) in [6, 6.07) is 5.07. The number of nitrogens with zero attached hydrogens (tertiary/aromatic N) is 1. The highest BCUT2D eigenvalue weighted by atomic mass is 32.2. The van der Waals surface area contributed by atoms with Gasteiger partial charge in [-0.2, -0.15) is 0 Å². The van der Waals surface area contributed by atoms with E-state index in [-0.39, 0.29) is 11.5 Å². The van der Waals surface area contributed by atoms with Crippen LogP contribution in [0.5, 0.6) is 0 Å².